The number of nitrogens with zero attached hydrogens (tertiary/aromatic N) is 1. The number of benzene rings is 2. The highest BCUT2D eigenvalue weighted by atomic mass is 79.9. The zero-order valence-electron chi connectivity index (χ0n) is 14.6. The SMILES string of the molecule is CCc1ccc(C(=O)Nc2ccc(Oc3ccccc3Br)cc2)c(C)n1. The molecule has 2 aromatic carbocycles. The zero-order valence-corrected chi connectivity index (χ0v) is 16.2. The van der Waals surface area contributed by atoms with E-state index in [4.69, 9.17) is 4.74 Å². The Morgan fingerprint density at radius 1 is 1.08 bits per heavy atom. The molecule has 4 nitrogen and oxygen atoms in total. The summed E-state index contributed by atoms with van der Waals surface area (Å²) in [5.41, 5.74) is 2.99. The Balaban J connectivity index is 1.69. The van der Waals surface area contributed by atoms with Gasteiger partial charge in [-0.2, -0.15) is 0 Å². The standard InChI is InChI=1S/C21H19BrN2O2/c1-3-15-10-13-18(14(2)23-15)21(25)24-16-8-11-17(12-9-16)26-20-7-5-4-6-19(20)22/h4-13H,3H2,1-2H3,(H,24,25). The van der Waals surface area contributed by atoms with Crippen molar-refractivity contribution in [1.82, 2.24) is 4.98 Å². The number of hydrogen-bond donors (Lipinski definition) is 1. The van der Waals surface area contributed by atoms with E-state index in [1.165, 1.54) is 0 Å². The lowest BCUT2D eigenvalue weighted by molar-refractivity contribution is 0.102. The van der Waals surface area contributed by atoms with Gasteiger partial charge in [-0.1, -0.05) is 19.1 Å². The summed E-state index contributed by atoms with van der Waals surface area (Å²) < 4.78 is 6.71. The smallest absolute Gasteiger partial charge is 0.257 e. The molecule has 132 valence electrons. The maximum atomic E-state index is 12.5. The number of aryl methyl sites for hydroxylation is 2. The third-order valence-corrected chi connectivity index (χ3v) is 4.58. The number of amides is 1. The lowest BCUT2D eigenvalue weighted by atomic mass is 10.1. The van der Waals surface area contributed by atoms with Crippen molar-refractivity contribution in [3.05, 3.63) is 82.1 Å². The highest BCUT2D eigenvalue weighted by Crippen LogP contribution is 2.29. The minimum absolute atomic E-state index is 0.169. The van der Waals surface area contributed by atoms with Gasteiger partial charge in [0.2, 0.25) is 0 Å². The Morgan fingerprint density at radius 2 is 1.81 bits per heavy atom. The first kappa shape index (κ1) is 18.1. The van der Waals surface area contributed by atoms with E-state index < -0.39 is 0 Å². The molecule has 3 rings (SSSR count). The summed E-state index contributed by atoms with van der Waals surface area (Å²) in [6.45, 7) is 3.89. The Kier molecular flexibility index (Phi) is 5.68. The molecule has 1 aromatic heterocycles. The van der Waals surface area contributed by atoms with Gasteiger partial charge in [0.05, 0.1) is 15.7 Å². The highest BCUT2D eigenvalue weighted by Gasteiger charge is 2.11. The van der Waals surface area contributed by atoms with Gasteiger partial charge in [-0.3, -0.25) is 9.78 Å². The lowest BCUT2D eigenvalue weighted by Crippen LogP contribution is -2.14. The van der Waals surface area contributed by atoms with E-state index in [0.29, 0.717) is 17.0 Å². The van der Waals surface area contributed by atoms with Crippen LogP contribution in [0.25, 0.3) is 0 Å². The fraction of sp³-hybridized carbons (Fsp3) is 0.143. The number of pyridine rings is 1. The van der Waals surface area contributed by atoms with Crippen LogP contribution in [0.3, 0.4) is 0 Å². The molecule has 0 aliphatic heterocycles. The summed E-state index contributed by atoms with van der Waals surface area (Å²) >= 11 is 3.46. The Hall–Kier alpha value is -2.66. The van der Waals surface area contributed by atoms with Gasteiger partial charge in [-0.25, -0.2) is 0 Å². The average molecular weight is 411 g/mol. The van der Waals surface area contributed by atoms with Crippen molar-refractivity contribution in [1.29, 1.82) is 0 Å². The molecule has 1 amide bonds. The van der Waals surface area contributed by atoms with Gasteiger partial charge in [0, 0.05) is 11.4 Å². The van der Waals surface area contributed by atoms with Crippen LogP contribution in [0.15, 0.2) is 65.1 Å². The minimum atomic E-state index is -0.169. The molecule has 3 aromatic rings. The van der Waals surface area contributed by atoms with Crippen molar-refractivity contribution in [2.75, 3.05) is 5.32 Å². The van der Waals surface area contributed by atoms with Gasteiger partial charge < -0.3 is 10.1 Å². The first-order valence-electron chi connectivity index (χ1n) is 8.37. The molecule has 0 saturated heterocycles. The second-order valence-electron chi connectivity index (χ2n) is 5.80. The molecule has 0 bridgehead atoms. The predicted molar refractivity (Wildman–Crippen MR) is 107 cm³/mol. The summed E-state index contributed by atoms with van der Waals surface area (Å²) in [6.07, 6.45) is 0.849. The number of rotatable bonds is 5. The number of carbonyl (C=O) groups excluding carboxylic acids is 1. The van der Waals surface area contributed by atoms with E-state index >= 15 is 0 Å². The van der Waals surface area contributed by atoms with Crippen molar-refractivity contribution < 1.29 is 9.53 Å². The van der Waals surface area contributed by atoms with Crippen LogP contribution in [0.4, 0.5) is 5.69 Å². The largest absolute Gasteiger partial charge is 0.456 e. The van der Waals surface area contributed by atoms with Gasteiger partial charge in [0.15, 0.2) is 0 Å². The quantitative estimate of drug-likeness (QED) is 0.581. The van der Waals surface area contributed by atoms with Gasteiger partial charge in [0.1, 0.15) is 11.5 Å². The molecule has 0 unspecified atom stereocenters. The number of hydrogen-bond acceptors (Lipinski definition) is 3. The summed E-state index contributed by atoms with van der Waals surface area (Å²) in [6, 6.07) is 18.6. The van der Waals surface area contributed by atoms with Crippen LogP contribution in [0.5, 0.6) is 11.5 Å². The Labute approximate surface area is 161 Å². The molecule has 0 spiro atoms. The molecule has 5 heteroatoms. The van der Waals surface area contributed by atoms with Crippen LogP contribution in [-0.2, 0) is 6.42 Å². The predicted octanol–water partition coefficient (Wildman–Crippen LogP) is 5.76. The minimum Gasteiger partial charge on any atom is -0.456 e. The molecule has 1 heterocycles. The first-order chi connectivity index (χ1) is 12.6. The van der Waals surface area contributed by atoms with E-state index in [9.17, 15) is 4.79 Å². The molecule has 0 aliphatic rings. The van der Waals surface area contributed by atoms with Gasteiger partial charge in [0.25, 0.3) is 5.91 Å². The Morgan fingerprint density at radius 3 is 2.46 bits per heavy atom. The van der Waals surface area contributed by atoms with Crippen molar-refractivity contribution in [3.8, 4) is 11.5 Å². The third-order valence-electron chi connectivity index (χ3n) is 3.93. The summed E-state index contributed by atoms with van der Waals surface area (Å²) in [4.78, 5) is 16.9. The number of ether oxygens (including phenoxy) is 1. The van der Waals surface area contributed by atoms with Crippen molar-refractivity contribution >= 4 is 27.5 Å². The second-order valence-corrected chi connectivity index (χ2v) is 6.65. The van der Waals surface area contributed by atoms with Gasteiger partial charge >= 0.3 is 0 Å². The lowest BCUT2D eigenvalue weighted by Gasteiger charge is -2.10. The topological polar surface area (TPSA) is 51.2 Å². The van der Waals surface area contributed by atoms with Crippen molar-refractivity contribution in [2.45, 2.75) is 20.3 Å². The number of anilines is 1. The summed E-state index contributed by atoms with van der Waals surface area (Å²) in [7, 11) is 0. The summed E-state index contributed by atoms with van der Waals surface area (Å²) in [5, 5.41) is 2.90. The van der Waals surface area contributed by atoms with Crippen LogP contribution >= 0.6 is 15.9 Å². The van der Waals surface area contributed by atoms with Crippen LogP contribution < -0.4 is 10.1 Å². The second kappa shape index (κ2) is 8.15. The molecule has 0 saturated carbocycles. The van der Waals surface area contributed by atoms with Crippen LogP contribution in [0.1, 0.15) is 28.7 Å². The van der Waals surface area contributed by atoms with Crippen LogP contribution in [0, 0.1) is 6.92 Å². The van der Waals surface area contributed by atoms with Gasteiger partial charge in [-0.15, -0.1) is 0 Å². The van der Waals surface area contributed by atoms with Crippen LogP contribution in [0.2, 0.25) is 0 Å². The number of halogens is 1. The normalized spacial score (nSPS) is 10.4. The molecule has 0 atom stereocenters. The number of para-hydroxylation sites is 1. The number of aromatic nitrogens is 1. The molecule has 26 heavy (non-hydrogen) atoms. The number of carbonyl (C=O) groups is 1. The zero-order chi connectivity index (χ0) is 18.5. The van der Waals surface area contributed by atoms with Gasteiger partial charge in [-0.05, 0) is 77.8 Å². The molecular formula is C21H19BrN2O2. The Bertz CT molecular complexity index is 924. The maximum Gasteiger partial charge on any atom is 0.257 e. The summed E-state index contributed by atoms with van der Waals surface area (Å²) in [5.74, 6) is 1.26. The fourth-order valence-corrected chi connectivity index (χ4v) is 2.87. The average Bonchev–Trinajstić information content (AvgIpc) is 2.65. The fourth-order valence-electron chi connectivity index (χ4n) is 2.51. The van der Waals surface area contributed by atoms with E-state index in [0.717, 1.165) is 28.0 Å². The van der Waals surface area contributed by atoms with E-state index in [2.05, 4.69) is 26.2 Å². The van der Waals surface area contributed by atoms with Crippen molar-refractivity contribution in [3.63, 3.8) is 0 Å². The monoisotopic (exact) mass is 410 g/mol. The van der Waals surface area contributed by atoms with E-state index in [1.807, 2.05) is 74.5 Å². The maximum absolute atomic E-state index is 12.5. The molecular weight excluding hydrogens is 392 g/mol. The van der Waals surface area contributed by atoms with Crippen LogP contribution in [-0.4, -0.2) is 10.9 Å². The first-order valence-corrected chi connectivity index (χ1v) is 9.16. The molecule has 1 N–H and O–H groups in total. The molecule has 0 fully saturated rings. The molecule has 0 aliphatic carbocycles. The highest BCUT2D eigenvalue weighted by molar-refractivity contribution is 9.10. The van der Waals surface area contributed by atoms with Crippen molar-refractivity contribution in [2.24, 2.45) is 0 Å². The van der Waals surface area contributed by atoms with E-state index in [1.54, 1.807) is 0 Å². The number of nitrogens with one attached hydrogen (secondary N) is 1. The molecule has 0 radical (unpaired) electrons. The third kappa shape index (κ3) is 4.29. The van der Waals surface area contributed by atoms with E-state index in [-0.39, 0.29) is 5.91 Å².